The Hall–Kier alpha value is -0.170. The molecule has 1 N–H and O–H groups in total. The maximum absolute atomic E-state index is 10.2. The van der Waals surface area contributed by atoms with Crippen molar-refractivity contribution in [1.29, 1.82) is 0 Å². The molecule has 0 unspecified atom stereocenters. The first-order valence-corrected chi connectivity index (χ1v) is 3.90. The number of carboxylic acid groups (broad SMARTS) is 1. The van der Waals surface area contributed by atoms with E-state index in [1.165, 1.54) is 17.7 Å². The van der Waals surface area contributed by atoms with Crippen LogP contribution in [0.3, 0.4) is 0 Å². The van der Waals surface area contributed by atoms with Crippen LogP contribution in [0.4, 0.5) is 0 Å². The Morgan fingerprint density at radius 2 is 2.56 bits per heavy atom. The van der Waals surface area contributed by atoms with Gasteiger partial charge in [-0.1, -0.05) is 0 Å². The molecule has 0 bridgehead atoms. The van der Waals surface area contributed by atoms with Gasteiger partial charge in [0.1, 0.15) is 8.45 Å². The number of aromatic nitrogens is 1. The van der Waals surface area contributed by atoms with Crippen molar-refractivity contribution in [3.8, 4) is 0 Å². The van der Waals surface area contributed by atoms with Crippen molar-refractivity contribution < 1.29 is 9.90 Å². The van der Waals surface area contributed by atoms with Crippen LogP contribution in [-0.2, 0) is 0 Å². The molecule has 1 aromatic heterocycles. The van der Waals surface area contributed by atoms with Crippen molar-refractivity contribution in [2.24, 2.45) is 0 Å². The fraction of sp³-hybridized carbons (Fsp3) is 0. The quantitative estimate of drug-likeness (QED) is 0.772. The lowest BCUT2D eigenvalue weighted by molar-refractivity contribution is 0.0696. The summed E-state index contributed by atoms with van der Waals surface area (Å²) in [6, 6.07) is 0. The molecule has 0 atom stereocenters. The summed E-state index contributed by atoms with van der Waals surface area (Å²) in [5.41, 5.74) is 0.292. The average molecular weight is 255 g/mol. The van der Waals surface area contributed by atoms with Crippen molar-refractivity contribution in [2.45, 2.75) is 0 Å². The highest BCUT2D eigenvalue weighted by atomic mass is 127. The van der Waals surface area contributed by atoms with Crippen LogP contribution in [0, 0.1) is 2.88 Å². The Morgan fingerprint density at radius 3 is 2.78 bits per heavy atom. The molecule has 0 fully saturated rings. The molecule has 3 nitrogen and oxygen atoms in total. The van der Waals surface area contributed by atoms with Crippen LogP contribution < -0.4 is 0 Å². The SMILES string of the molecule is O=C(O)c1cnsc1I. The van der Waals surface area contributed by atoms with Gasteiger partial charge in [0.25, 0.3) is 0 Å². The third-order valence-electron chi connectivity index (χ3n) is 0.757. The second-order valence-electron chi connectivity index (χ2n) is 1.32. The number of carbonyl (C=O) groups is 1. The van der Waals surface area contributed by atoms with Gasteiger partial charge in [-0.05, 0) is 34.1 Å². The van der Waals surface area contributed by atoms with Gasteiger partial charge < -0.3 is 5.11 Å². The van der Waals surface area contributed by atoms with E-state index in [0.717, 1.165) is 2.88 Å². The van der Waals surface area contributed by atoms with Crippen LogP contribution >= 0.6 is 34.1 Å². The summed E-state index contributed by atoms with van der Waals surface area (Å²) < 4.78 is 4.42. The van der Waals surface area contributed by atoms with Crippen LogP contribution in [0.1, 0.15) is 10.4 Å². The third kappa shape index (κ3) is 1.39. The van der Waals surface area contributed by atoms with Gasteiger partial charge >= 0.3 is 5.97 Å². The molecule has 0 radical (unpaired) electrons. The molecule has 9 heavy (non-hydrogen) atoms. The standard InChI is InChI=1S/C4H2INO2S/c5-3-2(4(7)8)1-6-9-3/h1H,(H,7,8). The Kier molecular flexibility index (Phi) is 2.01. The van der Waals surface area contributed by atoms with Gasteiger partial charge in [-0.2, -0.15) is 4.37 Å². The van der Waals surface area contributed by atoms with E-state index in [4.69, 9.17) is 5.11 Å². The average Bonchev–Trinajstić information content (AvgIpc) is 2.13. The van der Waals surface area contributed by atoms with Gasteiger partial charge in [-0.15, -0.1) is 0 Å². The lowest BCUT2D eigenvalue weighted by atomic mass is 10.4. The normalized spacial score (nSPS) is 9.44. The maximum Gasteiger partial charge on any atom is 0.339 e. The fourth-order valence-corrected chi connectivity index (χ4v) is 1.56. The molecular weight excluding hydrogens is 253 g/mol. The van der Waals surface area contributed by atoms with E-state index < -0.39 is 5.97 Å². The van der Waals surface area contributed by atoms with E-state index in [-0.39, 0.29) is 0 Å². The Balaban J connectivity index is 3.08. The molecule has 0 saturated heterocycles. The Bertz CT molecular complexity index is 234. The van der Waals surface area contributed by atoms with Crippen LogP contribution in [0.15, 0.2) is 6.20 Å². The smallest absolute Gasteiger partial charge is 0.339 e. The minimum Gasteiger partial charge on any atom is -0.478 e. The first-order valence-electron chi connectivity index (χ1n) is 2.05. The summed E-state index contributed by atoms with van der Waals surface area (Å²) in [5.74, 6) is -0.909. The third-order valence-corrected chi connectivity index (χ3v) is 2.52. The summed E-state index contributed by atoms with van der Waals surface area (Å²) in [7, 11) is 0. The minimum atomic E-state index is -0.909. The lowest BCUT2D eigenvalue weighted by Crippen LogP contribution is -1.94. The van der Waals surface area contributed by atoms with E-state index >= 15 is 0 Å². The molecule has 0 spiro atoms. The van der Waals surface area contributed by atoms with Crippen LogP contribution in [0.2, 0.25) is 0 Å². The van der Waals surface area contributed by atoms with E-state index in [1.54, 1.807) is 0 Å². The molecule has 0 amide bonds. The summed E-state index contributed by atoms with van der Waals surface area (Å²) >= 11 is 3.13. The zero-order chi connectivity index (χ0) is 6.85. The molecule has 5 heteroatoms. The van der Waals surface area contributed by atoms with Crippen molar-refractivity contribution in [3.63, 3.8) is 0 Å². The van der Waals surface area contributed by atoms with Gasteiger partial charge in [0.2, 0.25) is 0 Å². The highest BCUT2D eigenvalue weighted by Crippen LogP contribution is 2.15. The molecular formula is C4H2INO2S. The zero-order valence-corrected chi connectivity index (χ0v) is 7.14. The topological polar surface area (TPSA) is 50.2 Å². The van der Waals surface area contributed by atoms with Gasteiger partial charge in [0.05, 0.1) is 6.20 Å². The van der Waals surface area contributed by atoms with E-state index in [1.807, 2.05) is 22.6 Å². The number of hydrogen-bond donors (Lipinski definition) is 1. The van der Waals surface area contributed by atoms with Crippen molar-refractivity contribution >= 4 is 40.1 Å². The van der Waals surface area contributed by atoms with Crippen LogP contribution in [0.5, 0.6) is 0 Å². The summed E-state index contributed by atoms with van der Waals surface area (Å²) in [5, 5.41) is 8.42. The first-order chi connectivity index (χ1) is 4.22. The molecule has 0 saturated carbocycles. The van der Waals surface area contributed by atoms with E-state index in [2.05, 4.69) is 4.37 Å². The fourth-order valence-electron chi connectivity index (χ4n) is 0.365. The minimum absolute atomic E-state index is 0.292. The molecule has 0 aliphatic heterocycles. The number of aromatic carboxylic acids is 1. The lowest BCUT2D eigenvalue weighted by Gasteiger charge is -1.82. The molecule has 1 heterocycles. The molecule has 1 aromatic rings. The number of halogens is 1. The monoisotopic (exact) mass is 255 g/mol. The molecule has 0 aliphatic rings. The molecule has 0 aliphatic carbocycles. The first kappa shape index (κ1) is 6.94. The highest BCUT2D eigenvalue weighted by Gasteiger charge is 2.08. The predicted molar refractivity (Wildman–Crippen MR) is 41.8 cm³/mol. The zero-order valence-electron chi connectivity index (χ0n) is 4.17. The number of rotatable bonds is 1. The summed E-state index contributed by atoms with van der Waals surface area (Å²) in [6.07, 6.45) is 1.36. The Morgan fingerprint density at radius 1 is 1.89 bits per heavy atom. The van der Waals surface area contributed by atoms with Crippen molar-refractivity contribution in [3.05, 3.63) is 14.6 Å². The molecule has 1 rings (SSSR count). The van der Waals surface area contributed by atoms with Gasteiger partial charge in [0.15, 0.2) is 0 Å². The highest BCUT2D eigenvalue weighted by molar-refractivity contribution is 14.1. The van der Waals surface area contributed by atoms with Crippen molar-refractivity contribution in [2.75, 3.05) is 0 Å². The molecule has 0 aromatic carbocycles. The van der Waals surface area contributed by atoms with E-state index in [0.29, 0.717) is 5.56 Å². The van der Waals surface area contributed by atoms with E-state index in [9.17, 15) is 4.79 Å². The number of hydrogen-bond acceptors (Lipinski definition) is 3. The second-order valence-corrected chi connectivity index (χ2v) is 3.93. The van der Waals surface area contributed by atoms with Gasteiger partial charge in [-0.25, -0.2) is 4.79 Å². The van der Waals surface area contributed by atoms with Crippen molar-refractivity contribution in [1.82, 2.24) is 4.37 Å². The van der Waals surface area contributed by atoms with Crippen LogP contribution in [0.25, 0.3) is 0 Å². The molecule has 48 valence electrons. The second kappa shape index (κ2) is 2.61. The Labute approximate surface area is 69.0 Å². The van der Waals surface area contributed by atoms with Crippen LogP contribution in [-0.4, -0.2) is 15.4 Å². The van der Waals surface area contributed by atoms with Gasteiger partial charge in [-0.3, -0.25) is 0 Å². The maximum atomic E-state index is 10.2. The number of carboxylic acids is 1. The predicted octanol–water partition coefficient (Wildman–Crippen LogP) is 1.45. The summed E-state index contributed by atoms with van der Waals surface area (Å²) in [6.45, 7) is 0. The number of nitrogens with zero attached hydrogens (tertiary/aromatic N) is 1. The van der Waals surface area contributed by atoms with Gasteiger partial charge in [0, 0.05) is 0 Å². The largest absolute Gasteiger partial charge is 0.478 e. The summed E-state index contributed by atoms with van der Waals surface area (Å²) in [4.78, 5) is 10.2.